The summed E-state index contributed by atoms with van der Waals surface area (Å²) in [7, 11) is 0. The number of nitrogens with zero attached hydrogens (tertiary/aromatic N) is 4. The summed E-state index contributed by atoms with van der Waals surface area (Å²) in [6, 6.07) is 16.2. The Morgan fingerprint density at radius 1 is 1.03 bits per heavy atom. The zero-order valence-electron chi connectivity index (χ0n) is 16.0. The van der Waals surface area contributed by atoms with Crippen molar-refractivity contribution in [1.82, 2.24) is 19.2 Å². The van der Waals surface area contributed by atoms with Crippen LogP contribution in [0.4, 0.5) is 4.39 Å². The third-order valence-corrected chi connectivity index (χ3v) is 7.02. The van der Waals surface area contributed by atoms with Gasteiger partial charge in [-0.3, -0.25) is 4.57 Å². The molecule has 0 fully saturated rings. The molecule has 0 atom stereocenters. The van der Waals surface area contributed by atoms with E-state index in [-0.39, 0.29) is 18.1 Å². The van der Waals surface area contributed by atoms with Gasteiger partial charge >= 0.3 is 5.69 Å². The van der Waals surface area contributed by atoms with Gasteiger partial charge in [0.15, 0.2) is 11.5 Å². The van der Waals surface area contributed by atoms with Crippen LogP contribution in [-0.4, -0.2) is 19.2 Å². The number of halogens is 1. The minimum absolute atomic E-state index is 0.165. The molecule has 1 aliphatic rings. The van der Waals surface area contributed by atoms with Gasteiger partial charge in [-0.05, 0) is 30.9 Å². The third kappa shape index (κ3) is 2.55. The maximum absolute atomic E-state index is 14.4. The van der Waals surface area contributed by atoms with Crippen LogP contribution in [0.2, 0.25) is 0 Å². The molecule has 3 aromatic heterocycles. The number of fused-ring (bicyclic) bond motifs is 5. The fourth-order valence-corrected chi connectivity index (χ4v) is 5.64. The van der Waals surface area contributed by atoms with Crippen LogP contribution in [-0.2, 0) is 19.4 Å². The molecule has 148 valence electrons. The van der Waals surface area contributed by atoms with Crippen LogP contribution < -0.4 is 5.69 Å². The van der Waals surface area contributed by atoms with Crippen LogP contribution in [0.3, 0.4) is 0 Å². The molecule has 0 spiro atoms. The summed E-state index contributed by atoms with van der Waals surface area (Å²) in [5.41, 5.74) is 2.90. The van der Waals surface area contributed by atoms with Crippen molar-refractivity contribution in [3.8, 4) is 11.4 Å². The molecule has 30 heavy (non-hydrogen) atoms. The van der Waals surface area contributed by atoms with E-state index in [1.165, 1.54) is 21.0 Å². The van der Waals surface area contributed by atoms with Gasteiger partial charge in [0.05, 0.1) is 11.9 Å². The molecule has 0 N–H and O–H groups in total. The van der Waals surface area contributed by atoms with Crippen LogP contribution in [0.25, 0.3) is 27.3 Å². The van der Waals surface area contributed by atoms with Crippen molar-refractivity contribution in [1.29, 1.82) is 0 Å². The fraction of sp³-hybridized carbons (Fsp3) is 0.174. The first-order chi connectivity index (χ1) is 14.7. The van der Waals surface area contributed by atoms with Crippen LogP contribution in [0.15, 0.2) is 59.4 Å². The van der Waals surface area contributed by atoms with Crippen molar-refractivity contribution in [2.45, 2.75) is 25.8 Å². The van der Waals surface area contributed by atoms with E-state index in [4.69, 9.17) is 4.98 Å². The summed E-state index contributed by atoms with van der Waals surface area (Å²) in [5, 5.41) is 5.53. The molecular formula is C23H17FN4OS. The summed E-state index contributed by atoms with van der Waals surface area (Å²) in [4.78, 5) is 20.3. The van der Waals surface area contributed by atoms with Crippen molar-refractivity contribution in [2.24, 2.45) is 0 Å². The standard InChI is InChI=1S/C23H17FN4OS/c24-17-11-5-4-9-15(17)13-27-22-19(16-10-6-12-18(16)30-22)21-25-20(26-28(21)23(27)29)14-7-2-1-3-8-14/h1-5,7-9,11H,6,10,12-13H2. The fourth-order valence-electron chi connectivity index (χ4n) is 4.26. The molecule has 0 saturated carbocycles. The number of aromatic nitrogens is 4. The maximum atomic E-state index is 14.4. The van der Waals surface area contributed by atoms with Crippen molar-refractivity contribution < 1.29 is 4.39 Å². The van der Waals surface area contributed by atoms with Gasteiger partial charge in [-0.25, -0.2) is 14.2 Å². The Bertz CT molecular complexity index is 1480. The molecule has 0 amide bonds. The third-order valence-electron chi connectivity index (χ3n) is 5.71. The Kier molecular flexibility index (Phi) is 3.86. The van der Waals surface area contributed by atoms with Gasteiger partial charge in [0, 0.05) is 16.0 Å². The molecule has 7 heteroatoms. The Labute approximate surface area is 175 Å². The van der Waals surface area contributed by atoms with Crippen molar-refractivity contribution in [3.63, 3.8) is 0 Å². The summed E-state index contributed by atoms with van der Waals surface area (Å²) in [5.74, 6) is 0.209. The SMILES string of the molecule is O=c1n(Cc2ccccc2F)c2sc3c(c2c2nc(-c4ccccc4)nn12)CCC3. The van der Waals surface area contributed by atoms with E-state index in [0.717, 1.165) is 35.0 Å². The molecule has 0 bridgehead atoms. The zero-order valence-corrected chi connectivity index (χ0v) is 16.8. The molecule has 0 radical (unpaired) electrons. The lowest BCUT2D eigenvalue weighted by Gasteiger charge is -2.09. The second kappa shape index (κ2) is 6.60. The highest BCUT2D eigenvalue weighted by Crippen LogP contribution is 2.39. The molecule has 6 rings (SSSR count). The predicted octanol–water partition coefficient (Wildman–Crippen LogP) is 4.45. The first kappa shape index (κ1) is 17.5. The second-order valence-electron chi connectivity index (χ2n) is 7.53. The van der Waals surface area contributed by atoms with E-state index in [0.29, 0.717) is 17.0 Å². The molecular weight excluding hydrogens is 399 g/mol. The van der Waals surface area contributed by atoms with E-state index < -0.39 is 0 Å². The lowest BCUT2D eigenvalue weighted by molar-refractivity contribution is 0.595. The van der Waals surface area contributed by atoms with Crippen LogP contribution in [0.5, 0.6) is 0 Å². The highest BCUT2D eigenvalue weighted by atomic mass is 32.1. The lowest BCUT2D eigenvalue weighted by Crippen LogP contribution is -2.28. The first-order valence-electron chi connectivity index (χ1n) is 9.93. The molecule has 0 unspecified atom stereocenters. The van der Waals surface area contributed by atoms with Gasteiger partial charge in [-0.1, -0.05) is 48.5 Å². The molecule has 3 heterocycles. The molecule has 5 nitrogen and oxygen atoms in total. The van der Waals surface area contributed by atoms with Crippen molar-refractivity contribution in [3.05, 3.63) is 86.9 Å². The summed E-state index contributed by atoms with van der Waals surface area (Å²) >= 11 is 1.63. The summed E-state index contributed by atoms with van der Waals surface area (Å²) < 4.78 is 17.4. The van der Waals surface area contributed by atoms with Crippen LogP contribution in [0, 0.1) is 5.82 Å². The quantitative estimate of drug-likeness (QED) is 0.437. The minimum atomic E-state index is -0.315. The Hall–Kier alpha value is -3.32. The average Bonchev–Trinajstić information content (AvgIpc) is 3.47. The van der Waals surface area contributed by atoms with E-state index >= 15 is 0 Å². The normalized spacial score (nSPS) is 13.4. The highest BCUT2D eigenvalue weighted by Gasteiger charge is 2.25. The van der Waals surface area contributed by atoms with Gasteiger partial charge in [0.25, 0.3) is 0 Å². The Morgan fingerprint density at radius 3 is 2.67 bits per heavy atom. The van der Waals surface area contributed by atoms with Gasteiger partial charge in [0.1, 0.15) is 10.6 Å². The molecule has 0 aliphatic heterocycles. The average molecular weight is 416 g/mol. The molecule has 2 aromatic carbocycles. The number of aryl methyl sites for hydroxylation is 2. The monoisotopic (exact) mass is 416 g/mol. The smallest absolute Gasteiger partial charge is 0.278 e. The largest absolute Gasteiger partial charge is 0.352 e. The molecule has 5 aromatic rings. The van der Waals surface area contributed by atoms with Gasteiger partial charge in [-0.15, -0.1) is 16.4 Å². The number of rotatable bonds is 3. The van der Waals surface area contributed by atoms with Gasteiger partial charge < -0.3 is 0 Å². The van der Waals surface area contributed by atoms with E-state index in [2.05, 4.69) is 5.10 Å². The van der Waals surface area contributed by atoms with Gasteiger partial charge in [0.2, 0.25) is 0 Å². The van der Waals surface area contributed by atoms with Crippen molar-refractivity contribution in [2.75, 3.05) is 0 Å². The van der Waals surface area contributed by atoms with Crippen molar-refractivity contribution >= 4 is 27.2 Å². The topological polar surface area (TPSA) is 52.2 Å². The van der Waals surface area contributed by atoms with Crippen LogP contribution in [0.1, 0.15) is 22.4 Å². The number of hydrogen-bond acceptors (Lipinski definition) is 4. The van der Waals surface area contributed by atoms with E-state index in [1.54, 1.807) is 34.1 Å². The molecule has 1 aliphatic carbocycles. The number of hydrogen-bond donors (Lipinski definition) is 0. The second-order valence-corrected chi connectivity index (χ2v) is 8.62. The Morgan fingerprint density at radius 2 is 1.83 bits per heavy atom. The number of thiophene rings is 1. The van der Waals surface area contributed by atoms with Gasteiger partial charge in [-0.2, -0.15) is 4.52 Å². The Balaban J connectivity index is 1.67. The highest BCUT2D eigenvalue weighted by molar-refractivity contribution is 7.19. The predicted molar refractivity (Wildman–Crippen MR) is 116 cm³/mol. The molecule has 0 saturated heterocycles. The summed E-state index contributed by atoms with van der Waals surface area (Å²) in [6.07, 6.45) is 3.08. The van der Waals surface area contributed by atoms with Crippen LogP contribution >= 0.6 is 11.3 Å². The number of benzene rings is 2. The van der Waals surface area contributed by atoms with E-state index in [9.17, 15) is 9.18 Å². The minimum Gasteiger partial charge on any atom is -0.278 e. The lowest BCUT2D eigenvalue weighted by atomic mass is 10.2. The first-order valence-corrected chi connectivity index (χ1v) is 10.7. The zero-order chi connectivity index (χ0) is 20.2. The van der Waals surface area contributed by atoms with E-state index in [1.807, 2.05) is 30.3 Å². The maximum Gasteiger partial charge on any atom is 0.352 e. The summed E-state index contributed by atoms with van der Waals surface area (Å²) in [6.45, 7) is 0.165.